The first-order valence-corrected chi connectivity index (χ1v) is 10.5. The number of hydrogen-bond acceptors (Lipinski definition) is 6. The van der Waals surface area contributed by atoms with Crippen LogP contribution in [0.5, 0.6) is 11.5 Å². The van der Waals surface area contributed by atoms with Gasteiger partial charge in [0.25, 0.3) is 0 Å². The van der Waals surface area contributed by atoms with Gasteiger partial charge in [0.2, 0.25) is 11.0 Å². The van der Waals surface area contributed by atoms with Gasteiger partial charge in [0.1, 0.15) is 5.01 Å². The maximum absolute atomic E-state index is 12.8. The number of aromatic nitrogens is 2. The number of carbonyl (C=O) groups is 1. The van der Waals surface area contributed by atoms with E-state index in [2.05, 4.69) is 27.7 Å². The van der Waals surface area contributed by atoms with Crippen LogP contribution < -0.4 is 14.8 Å². The van der Waals surface area contributed by atoms with E-state index in [9.17, 15) is 4.79 Å². The number of ether oxygens (including phenoxy) is 2. The Morgan fingerprint density at radius 2 is 2.04 bits per heavy atom. The molecule has 1 aromatic heterocycles. The minimum Gasteiger partial charge on any atom is -0.493 e. The van der Waals surface area contributed by atoms with Gasteiger partial charge in [-0.05, 0) is 54.2 Å². The molecule has 6 nitrogen and oxygen atoms in total. The van der Waals surface area contributed by atoms with E-state index in [-0.39, 0.29) is 11.8 Å². The number of anilines is 1. The van der Waals surface area contributed by atoms with Gasteiger partial charge in [0, 0.05) is 12.3 Å². The number of methoxy groups -OCH3 is 2. The molecule has 7 heteroatoms. The molecular weight excluding hydrogens is 374 g/mol. The van der Waals surface area contributed by atoms with Crippen LogP contribution in [0.3, 0.4) is 0 Å². The Morgan fingerprint density at radius 3 is 2.75 bits per heavy atom. The van der Waals surface area contributed by atoms with E-state index in [1.54, 1.807) is 14.2 Å². The van der Waals surface area contributed by atoms with Gasteiger partial charge in [-0.25, -0.2) is 0 Å². The van der Waals surface area contributed by atoms with E-state index in [0.717, 1.165) is 17.0 Å². The smallest absolute Gasteiger partial charge is 0.229 e. The van der Waals surface area contributed by atoms with Gasteiger partial charge in [-0.1, -0.05) is 29.6 Å². The lowest BCUT2D eigenvalue weighted by Gasteiger charge is -2.18. The van der Waals surface area contributed by atoms with Crippen LogP contribution in [0.15, 0.2) is 30.4 Å². The summed E-state index contributed by atoms with van der Waals surface area (Å²) in [5.74, 6) is 2.58. The van der Waals surface area contributed by atoms with Crippen molar-refractivity contribution in [2.24, 2.45) is 23.2 Å². The molecular formula is C21H23N3O3S. The molecule has 2 saturated carbocycles. The number of nitrogens with zero attached hydrogens (tertiary/aromatic N) is 2. The SMILES string of the molecule is COc1ccc(Cc2nnc(NC(=O)[C@H]3C[C@H]4C=C[C@H]3C43CC3)s2)cc1OC. The number of carbonyl (C=O) groups excluding carboxylic acids is 1. The van der Waals surface area contributed by atoms with Gasteiger partial charge in [-0.2, -0.15) is 0 Å². The van der Waals surface area contributed by atoms with Gasteiger partial charge >= 0.3 is 0 Å². The van der Waals surface area contributed by atoms with Crippen LogP contribution in [0.2, 0.25) is 0 Å². The molecule has 28 heavy (non-hydrogen) atoms. The predicted molar refractivity (Wildman–Crippen MR) is 107 cm³/mol. The minimum atomic E-state index is 0.0794. The lowest BCUT2D eigenvalue weighted by molar-refractivity contribution is -0.120. The van der Waals surface area contributed by atoms with Crippen molar-refractivity contribution in [3.63, 3.8) is 0 Å². The van der Waals surface area contributed by atoms with Gasteiger partial charge in [0.05, 0.1) is 14.2 Å². The molecule has 0 saturated heterocycles. The summed E-state index contributed by atoms with van der Waals surface area (Å²) in [7, 11) is 3.24. The zero-order valence-corrected chi connectivity index (χ0v) is 16.8. The van der Waals surface area contributed by atoms with Crippen LogP contribution >= 0.6 is 11.3 Å². The van der Waals surface area contributed by atoms with E-state index in [4.69, 9.17) is 9.47 Å². The fourth-order valence-electron chi connectivity index (χ4n) is 5.01. The average molecular weight is 398 g/mol. The van der Waals surface area contributed by atoms with Crippen LogP contribution in [-0.2, 0) is 11.2 Å². The summed E-state index contributed by atoms with van der Waals surface area (Å²) in [6.45, 7) is 0. The average Bonchev–Trinajstić information content (AvgIpc) is 3.18. The Hall–Kier alpha value is -2.41. The fourth-order valence-corrected chi connectivity index (χ4v) is 5.79. The normalized spacial score (nSPS) is 25.9. The van der Waals surface area contributed by atoms with Crippen molar-refractivity contribution in [1.29, 1.82) is 0 Å². The molecule has 1 N–H and O–H groups in total. The van der Waals surface area contributed by atoms with Crippen LogP contribution in [0.4, 0.5) is 5.13 Å². The van der Waals surface area contributed by atoms with Crippen molar-refractivity contribution in [3.05, 3.63) is 40.9 Å². The van der Waals surface area contributed by atoms with E-state index in [1.165, 1.54) is 24.2 Å². The molecule has 2 aromatic rings. The summed E-state index contributed by atoms with van der Waals surface area (Å²) >= 11 is 1.43. The molecule has 3 aliphatic rings. The molecule has 1 spiro atoms. The van der Waals surface area contributed by atoms with Gasteiger partial charge in [-0.15, -0.1) is 10.2 Å². The quantitative estimate of drug-likeness (QED) is 0.753. The van der Waals surface area contributed by atoms with Crippen LogP contribution in [0.25, 0.3) is 0 Å². The fraction of sp³-hybridized carbons (Fsp3) is 0.476. The van der Waals surface area contributed by atoms with Crippen molar-refractivity contribution in [2.75, 3.05) is 19.5 Å². The molecule has 1 heterocycles. The van der Waals surface area contributed by atoms with E-state index >= 15 is 0 Å². The van der Waals surface area contributed by atoms with Gasteiger partial charge < -0.3 is 14.8 Å². The second kappa shape index (κ2) is 6.58. The van der Waals surface area contributed by atoms with Crippen LogP contribution in [0, 0.1) is 23.2 Å². The van der Waals surface area contributed by atoms with Crippen molar-refractivity contribution in [1.82, 2.24) is 10.2 Å². The number of hydrogen-bond donors (Lipinski definition) is 1. The topological polar surface area (TPSA) is 73.3 Å². The molecule has 3 atom stereocenters. The molecule has 1 aromatic carbocycles. The molecule has 5 rings (SSSR count). The monoisotopic (exact) mass is 397 g/mol. The zero-order valence-electron chi connectivity index (χ0n) is 16.0. The molecule has 146 valence electrons. The van der Waals surface area contributed by atoms with E-state index in [0.29, 0.717) is 40.3 Å². The molecule has 0 radical (unpaired) electrons. The first-order valence-electron chi connectivity index (χ1n) is 9.65. The maximum Gasteiger partial charge on any atom is 0.229 e. The maximum atomic E-state index is 12.8. The molecule has 0 aliphatic heterocycles. The van der Waals surface area contributed by atoms with Crippen molar-refractivity contribution >= 4 is 22.4 Å². The third-order valence-electron chi connectivity index (χ3n) is 6.56. The Kier molecular flexibility index (Phi) is 4.16. The second-order valence-electron chi connectivity index (χ2n) is 7.95. The minimum absolute atomic E-state index is 0.0794. The third kappa shape index (κ3) is 2.80. The largest absolute Gasteiger partial charge is 0.493 e. The molecule has 1 amide bonds. The highest BCUT2D eigenvalue weighted by Gasteiger charge is 2.64. The summed E-state index contributed by atoms with van der Waals surface area (Å²) in [6, 6.07) is 5.81. The number of amides is 1. The summed E-state index contributed by atoms with van der Waals surface area (Å²) in [5, 5.41) is 12.9. The second-order valence-corrected chi connectivity index (χ2v) is 9.01. The summed E-state index contributed by atoms with van der Waals surface area (Å²) in [4.78, 5) is 12.8. The first-order chi connectivity index (χ1) is 13.6. The highest BCUT2D eigenvalue weighted by Crippen LogP contribution is 2.70. The molecule has 2 fully saturated rings. The highest BCUT2D eigenvalue weighted by molar-refractivity contribution is 7.15. The van der Waals surface area contributed by atoms with Gasteiger partial charge in [-0.3, -0.25) is 4.79 Å². The van der Waals surface area contributed by atoms with Gasteiger partial charge in [0.15, 0.2) is 11.5 Å². The number of benzene rings is 1. The number of rotatable bonds is 6. The lowest BCUT2D eigenvalue weighted by atomic mass is 9.88. The van der Waals surface area contributed by atoms with Crippen molar-refractivity contribution in [2.45, 2.75) is 25.7 Å². The van der Waals surface area contributed by atoms with Crippen LogP contribution in [-0.4, -0.2) is 30.3 Å². The van der Waals surface area contributed by atoms with Crippen molar-refractivity contribution < 1.29 is 14.3 Å². The van der Waals surface area contributed by atoms with Crippen LogP contribution in [0.1, 0.15) is 29.8 Å². The Balaban J connectivity index is 1.24. The lowest BCUT2D eigenvalue weighted by Crippen LogP contribution is -2.27. The Bertz CT molecular complexity index is 950. The zero-order chi connectivity index (χ0) is 19.3. The molecule has 3 aliphatic carbocycles. The number of nitrogens with one attached hydrogen (secondary N) is 1. The van der Waals surface area contributed by atoms with E-state index in [1.807, 2.05) is 18.2 Å². The Morgan fingerprint density at radius 1 is 1.21 bits per heavy atom. The predicted octanol–water partition coefficient (Wildman–Crippen LogP) is 3.69. The summed E-state index contributed by atoms with van der Waals surface area (Å²) < 4.78 is 10.6. The summed E-state index contributed by atoms with van der Waals surface area (Å²) in [6.07, 6.45) is 8.75. The molecule has 2 bridgehead atoms. The standard InChI is InChI=1S/C21H23N3O3S/c1-26-16-6-3-12(9-17(16)27-2)10-18-23-24-20(28-18)22-19(25)14-11-13-4-5-15(14)21(13)7-8-21/h3-6,9,13-15H,7-8,10-11H2,1-2H3,(H,22,24,25)/t13-,14+,15-/m1/s1. The highest BCUT2D eigenvalue weighted by atomic mass is 32.1. The first kappa shape index (κ1) is 17.7. The number of allylic oxidation sites excluding steroid dienone is 2. The Labute approximate surface area is 168 Å². The van der Waals surface area contributed by atoms with Crippen molar-refractivity contribution in [3.8, 4) is 11.5 Å². The van der Waals surface area contributed by atoms with E-state index < -0.39 is 0 Å². The third-order valence-corrected chi connectivity index (χ3v) is 7.40. The summed E-state index contributed by atoms with van der Waals surface area (Å²) in [5.41, 5.74) is 1.47. The molecule has 0 unspecified atom stereocenters.